The van der Waals surface area contributed by atoms with Crippen LogP contribution >= 0.6 is 65.9 Å². The highest BCUT2D eigenvalue weighted by molar-refractivity contribution is 9.11. The molecule has 0 amide bonds. The van der Waals surface area contributed by atoms with Crippen LogP contribution in [-0.4, -0.2) is 8.07 Å². The standard InChI is InChI=1S/C11H10Br2S3Si/c1-17(2,3)11-8(13)7-6-5(12)4-14-9(6)15-10(7)16-11/h4H,1-3H3. The van der Waals surface area contributed by atoms with Crippen molar-refractivity contribution in [1.82, 2.24) is 0 Å². The molecule has 0 unspecified atom stereocenters. The Labute approximate surface area is 130 Å². The van der Waals surface area contributed by atoms with Gasteiger partial charge in [-0.2, -0.15) is 0 Å². The van der Waals surface area contributed by atoms with E-state index in [1.165, 1.54) is 27.7 Å². The van der Waals surface area contributed by atoms with Gasteiger partial charge in [-0.1, -0.05) is 19.6 Å². The molecule has 3 aromatic rings. The Morgan fingerprint density at radius 1 is 1.00 bits per heavy atom. The third kappa shape index (κ3) is 1.92. The fourth-order valence-electron chi connectivity index (χ4n) is 1.86. The van der Waals surface area contributed by atoms with Crippen molar-refractivity contribution in [2.45, 2.75) is 19.6 Å². The number of hydrogen-bond donors (Lipinski definition) is 0. The van der Waals surface area contributed by atoms with Gasteiger partial charge in [0.1, 0.15) is 0 Å². The molecule has 0 fully saturated rings. The molecule has 0 atom stereocenters. The van der Waals surface area contributed by atoms with E-state index < -0.39 is 8.07 Å². The Balaban J connectivity index is 2.46. The van der Waals surface area contributed by atoms with Crippen LogP contribution in [0.4, 0.5) is 0 Å². The molecular formula is C11H10Br2S3Si. The van der Waals surface area contributed by atoms with E-state index in [2.05, 4.69) is 56.9 Å². The minimum absolute atomic E-state index is 1.24. The van der Waals surface area contributed by atoms with Crippen molar-refractivity contribution in [3.63, 3.8) is 0 Å². The maximum atomic E-state index is 3.84. The summed E-state index contributed by atoms with van der Waals surface area (Å²) in [6.45, 7) is 7.23. The van der Waals surface area contributed by atoms with Crippen LogP contribution in [0, 0.1) is 0 Å². The molecule has 90 valence electrons. The second kappa shape index (κ2) is 4.15. The lowest BCUT2D eigenvalue weighted by Crippen LogP contribution is -2.35. The molecule has 3 rings (SSSR count). The Bertz CT molecular complexity index is 714. The summed E-state index contributed by atoms with van der Waals surface area (Å²) in [5.41, 5.74) is 0. The topological polar surface area (TPSA) is 0 Å². The first-order chi connectivity index (χ1) is 7.89. The average molecular weight is 426 g/mol. The molecule has 0 radical (unpaired) electrons. The van der Waals surface area contributed by atoms with Crippen LogP contribution in [0.15, 0.2) is 14.3 Å². The minimum Gasteiger partial charge on any atom is -0.133 e. The molecule has 0 saturated heterocycles. The molecule has 0 aliphatic rings. The van der Waals surface area contributed by atoms with Crippen LogP contribution in [0.3, 0.4) is 0 Å². The predicted molar refractivity (Wildman–Crippen MR) is 93.5 cm³/mol. The number of thiophene rings is 3. The van der Waals surface area contributed by atoms with Crippen molar-refractivity contribution in [3.05, 3.63) is 14.3 Å². The maximum absolute atomic E-state index is 3.84. The smallest absolute Gasteiger partial charge is 0.0920 e. The molecule has 0 aliphatic heterocycles. The van der Waals surface area contributed by atoms with Gasteiger partial charge in [0.2, 0.25) is 0 Å². The lowest BCUT2D eigenvalue weighted by molar-refractivity contribution is 1.78. The highest BCUT2D eigenvalue weighted by Gasteiger charge is 2.26. The lowest BCUT2D eigenvalue weighted by Gasteiger charge is -2.13. The van der Waals surface area contributed by atoms with Crippen molar-refractivity contribution >= 4 is 97.2 Å². The highest BCUT2D eigenvalue weighted by Crippen LogP contribution is 2.47. The van der Waals surface area contributed by atoms with Crippen LogP contribution in [-0.2, 0) is 0 Å². The molecular weight excluding hydrogens is 416 g/mol. The Kier molecular flexibility index (Phi) is 3.12. The summed E-state index contributed by atoms with van der Waals surface area (Å²) < 4.78 is 7.07. The van der Waals surface area contributed by atoms with Crippen molar-refractivity contribution in [1.29, 1.82) is 0 Å². The predicted octanol–water partition coefficient (Wildman–Crippen LogP) is 6.25. The molecule has 0 saturated carbocycles. The molecule has 0 nitrogen and oxygen atoms in total. The Morgan fingerprint density at radius 3 is 2.35 bits per heavy atom. The van der Waals surface area contributed by atoms with Gasteiger partial charge >= 0.3 is 0 Å². The monoisotopic (exact) mass is 424 g/mol. The van der Waals surface area contributed by atoms with Crippen LogP contribution in [0.1, 0.15) is 0 Å². The Hall–Kier alpha value is 0.797. The van der Waals surface area contributed by atoms with Crippen LogP contribution in [0.5, 0.6) is 0 Å². The maximum Gasteiger partial charge on any atom is 0.0920 e. The number of hydrogen-bond acceptors (Lipinski definition) is 3. The minimum atomic E-state index is -1.24. The van der Waals surface area contributed by atoms with E-state index in [1.54, 1.807) is 4.50 Å². The van der Waals surface area contributed by atoms with Gasteiger partial charge in [0.05, 0.1) is 16.1 Å². The SMILES string of the molecule is C[Si](C)(C)c1sc2sc3scc(Br)c3c2c1Br. The summed E-state index contributed by atoms with van der Waals surface area (Å²) in [4.78, 5) is 0. The fourth-order valence-corrected chi connectivity index (χ4v) is 11.6. The third-order valence-corrected chi connectivity index (χ3v) is 12.1. The first kappa shape index (κ1) is 12.8. The first-order valence-corrected chi connectivity index (χ1v) is 12.8. The van der Waals surface area contributed by atoms with Crippen LogP contribution < -0.4 is 4.50 Å². The summed E-state index contributed by atoms with van der Waals surface area (Å²) >= 11 is 13.3. The van der Waals surface area contributed by atoms with Gasteiger partial charge in [0.15, 0.2) is 0 Å². The lowest BCUT2D eigenvalue weighted by atomic mass is 10.3. The number of fused-ring (bicyclic) bond motifs is 3. The van der Waals surface area contributed by atoms with Gasteiger partial charge in [-0.05, 0) is 31.9 Å². The van der Waals surface area contributed by atoms with Crippen molar-refractivity contribution in [3.8, 4) is 0 Å². The number of rotatable bonds is 1. The van der Waals surface area contributed by atoms with Crippen LogP contribution in [0.2, 0.25) is 19.6 Å². The summed E-state index contributed by atoms with van der Waals surface area (Å²) in [6, 6.07) is 0. The summed E-state index contributed by atoms with van der Waals surface area (Å²) in [5, 5.41) is 5.03. The number of halogens is 2. The normalized spacial score (nSPS) is 13.0. The molecule has 3 aromatic heterocycles. The second-order valence-electron chi connectivity index (χ2n) is 5.01. The zero-order valence-electron chi connectivity index (χ0n) is 9.56. The van der Waals surface area contributed by atoms with E-state index in [9.17, 15) is 0 Å². The molecule has 6 heteroatoms. The van der Waals surface area contributed by atoms with E-state index in [4.69, 9.17) is 0 Å². The largest absolute Gasteiger partial charge is 0.133 e. The van der Waals surface area contributed by atoms with E-state index >= 15 is 0 Å². The quantitative estimate of drug-likeness (QED) is 0.404. The molecule has 0 spiro atoms. The van der Waals surface area contributed by atoms with Crippen LogP contribution in [0.25, 0.3) is 18.8 Å². The van der Waals surface area contributed by atoms with Gasteiger partial charge in [0, 0.05) is 29.6 Å². The van der Waals surface area contributed by atoms with Crippen molar-refractivity contribution < 1.29 is 0 Å². The molecule has 3 heterocycles. The van der Waals surface area contributed by atoms with E-state index in [0.717, 1.165) is 0 Å². The van der Waals surface area contributed by atoms with Gasteiger partial charge in [0.25, 0.3) is 0 Å². The fraction of sp³-hybridized carbons (Fsp3) is 0.273. The Morgan fingerprint density at radius 2 is 1.71 bits per heavy atom. The van der Waals surface area contributed by atoms with Gasteiger partial charge in [-0.3, -0.25) is 0 Å². The highest BCUT2D eigenvalue weighted by atomic mass is 79.9. The summed E-state index contributed by atoms with van der Waals surface area (Å²) in [7, 11) is -1.24. The van der Waals surface area contributed by atoms with Crippen molar-refractivity contribution in [2.24, 2.45) is 0 Å². The molecule has 17 heavy (non-hydrogen) atoms. The average Bonchev–Trinajstić information content (AvgIpc) is 2.79. The zero-order chi connectivity index (χ0) is 12.4. The van der Waals surface area contributed by atoms with E-state index in [1.807, 2.05) is 34.0 Å². The third-order valence-electron chi connectivity index (χ3n) is 2.65. The zero-order valence-corrected chi connectivity index (χ0v) is 16.2. The molecule has 0 aliphatic carbocycles. The van der Waals surface area contributed by atoms with E-state index in [0.29, 0.717) is 0 Å². The van der Waals surface area contributed by atoms with E-state index in [-0.39, 0.29) is 0 Å². The molecule has 0 bridgehead atoms. The summed E-state index contributed by atoms with van der Waals surface area (Å²) in [6.07, 6.45) is 0. The van der Waals surface area contributed by atoms with Gasteiger partial charge in [-0.25, -0.2) is 0 Å². The second-order valence-corrected chi connectivity index (χ2v) is 15.5. The molecule has 0 aromatic carbocycles. The molecule has 0 N–H and O–H groups in total. The first-order valence-electron chi connectivity index (χ1n) is 5.17. The van der Waals surface area contributed by atoms with Gasteiger partial charge < -0.3 is 0 Å². The van der Waals surface area contributed by atoms with Crippen molar-refractivity contribution in [2.75, 3.05) is 0 Å². The summed E-state index contributed by atoms with van der Waals surface area (Å²) in [5.74, 6) is 0. The van der Waals surface area contributed by atoms with Gasteiger partial charge in [-0.15, -0.1) is 34.0 Å².